The number of amides is 1. The van der Waals surface area contributed by atoms with Gasteiger partial charge < -0.3 is 5.32 Å². The fourth-order valence-electron chi connectivity index (χ4n) is 3.58. The first kappa shape index (κ1) is 23.4. The van der Waals surface area contributed by atoms with Gasteiger partial charge in [0.25, 0.3) is 0 Å². The summed E-state index contributed by atoms with van der Waals surface area (Å²) in [6, 6.07) is 15.0. The number of nitrogens with one attached hydrogen (secondary N) is 1. The molecule has 0 spiro atoms. The first-order chi connectivity index (χ1) is 14.7. The average molecular weight is 465 g/mol. The fourth-order valence-corrected chi connectivity index (χ4v) is 6.38. The maximum atomic E-state index is 12.8. The molecule has 0 saturated carbocycles. The summed E-state index contributed by atoms with van der Waals surface area (Å²) in [4.78, 5) is 13.0. The van der Waals surface area contributed by atoms with Crippen LogP contribution in [0.15, 0.2) is 64.4 Å². The van der Waals surface area contributed by atoms with Crippen molar-refractivity contribution in [2.45, 2.75) is 36.0 Å². The molecule has 1 aliphatic rings. The number of nitrogens with zero attached hydrogens (tertiary/aromatic N) is 1. The molecule has 0 atom stereocenters. The number of aryl methyl sites for hydroxylation is 1. The number of benzene rings is 2. The summed E-state index contributed by atoms with van der Waals surface area (Å²) in [6.07, 6.45) is 1.21. The summed E-state index contributed by atoms with van der Waals surface area (Å²) in [7, 11) is -6.92. The predicted molar refractivity (Wildman–Crippen MR) is 119 cm³/mol. The highest BCUT2D eigenvalue weighted by molar-refractivity contribution is 7.91. The zero-order chi connectivity index (χ0) is 22.5. The first-order valence-electron chi connectivity index (χ1n) is 10.3. The third-order valence-corrected chi connectivity index (χ3v) is 9.20. The molecule has 2 aromatic rings. The van der Waals surface area contributed by atoms with E-state index in [0.29, 0.717) is 19.3 Å². The SMILES string of the molecule is Cc1ccc(S(=O)(=O)N2CCC(C(=O)NCCCS(=O)(=O)c3ccccc3)CC2)cc1. The molecule has 0 unspecified atom stereocenters. The number of rotatable bonds is 8. The highest BCUT2D eigenvalue weighted by Crippen LogP contribution is 2.24. The molecule has 1 fully saturated rings. The number of carbonyl (C=O) groups excluding carboxylic acids is 1. The van der Waals surface area contributed by atoms with Crippen molar-refractivity contribution in [2.75, 3.05) is 25.4 Å². The monoisotopic (exact) mass is 464 g/mol. The lowest BCUT2D eigenvalue weighted by atomic mass is 9.97. The Bertz CT molecular complexity index is 1090. The Kier molecular flexibility index (Phi) is 7.51. The molecule has 0 bridgehead atoms. The van der Waals surface area contributed by atoms with Crippen LogP contribution in [0.4, 0.5) is 0 Å². The average Bonchev–Trinajstić information content (AvgIpc) is 2.77. The zero-order valence-corrected chi connectivity index (χ0v) is 19.2. The van der Waals surface area contributed by atoms with Gasteiger partial charge in [-0.15, -0.1) is 0 Å². The van der Waals surface area contributed by atoms with E-state index < -0.39 is 19.9 Å². The first-order valence-corrected chi connectivity index (χ1v) is 13.4. The third-order valence-electron chi connectivity index (χ3n) is 5.47. The second-order valence-electron chi connectivity index (χ2n) is 7.77. The van der Waals surface area contributed by atoms with Crippen LogP contribution < -0.4 is 5.32 Å². The molecule has 0 aliphatic carbocycles. The summed E-state index contributed by atoms with van der Waals surface area (Å²) >= 11 is 0. The van der Waals surface area contributed by atoms with Gasteiger partial charge in [0.2, 0.25) is 15.9 Å². The Hall–Kier alpha value is -2.23. The minimum absolute atomic E-state index is 0.0372. The molecule has 168 valence electrons. The van der Waals surface area contributed by atoms with Gasteiger partial charge in [0.05, 0.1) is 15.5 Å². The number of sulfone groups is 1. The number of piperidine rings is 1. The Morgan fingerprint density at radius 3 is 2.16 bits per heavy atom. The summed E-state index contributed by atoms with van der Waals surface area (Å²) in [6.45, 7) is 2.75. The van der Waals surface area contributed by atoms with E-state index in [1.807, 2.05) is 6.92 Å². The van der Waals surface area contributed by atoms with Crippen molar-refractivity contribution in [3.63, 3.8) is 0 Å². The topological polar surface area (TPSA) is 101 Å². The molecule has 31 heavy (non-hydrogen) atoms. The lowest BCUT2D eigenvalue weighted by Crippen LogP contribution is -2.43. The van der Waals surface area contributed by atoms with E-state index in [9.17, 15) is 21.6 Å². The summed E-state index contributed by atoms with van der Waals surface area (Å²) < 4.78 is 51.5. The van der Waals surface area contributed by atoms with Crippen LogP contribution in [0.2, 0.25) is 0 Å². The second-order valence-corrected chi connectivity index (χ2v) is 11.8. The maximum absolute atomic E-state index is 12.8. The van der Waals surface area contributed by atoms with E-state index in [4.69, 9.17) is 0 Å². The number of sulfonamides is 1. The normalized spacial score (nSPS) is 16.2. The van der Waals surface area contributed by atoms with Crippen LogP contribution >= 0.6 is 0 Å². The van der Waals surface area contributed by atoms with Gasteiger partial charge in [-0.25, -0.2) is 16.8 Å². The molecule has 2 aromatic carbocycles. The van der Waals surface area contributed by atoms with Crippen LogP contribution in [0, 0.1) is 12.8 Å². The Morgan fingerprint density at radius 2 is 1.55 bits per heavy atom. The molecule has 1 aliphatic heterocycles. The highest BCUT2D eigenvalue weighted by atomic mass is 32.2. The van der Waals surface area contributed by atoms with Gasteiger partial charge in [-0.2, -0.15) is 4.31 Å². The smallest absolute Gasteiger partial charge is 0.243 e. The fraction of sp³-hybridized carbons (Fsp3) is 0.409. The Morgan fingerprint density at radius 1 is 0.935 bits per heavy atom. The van der Waals surface area contributed by atoms with E-state index in [2.05, 4.69) is 5.32 Å². The van der Waals surface area contributed by atoms with Crippen molar-refractivity contribution in [2.24, 2.45) is 5.92 Å². The predicted octanol–water partition coefficient (Wildman–Crippen LogP) is 2.38. The maximum Gasteiger partial charge on any atom is 0.243 e. The van der Waals surface area contributed by atoms with Gasteiger partial charge in [-0.1, -0.05) is 35.9 Å². The molecule has 0 aromatic heterocycles. The van der Waals surface area contributed by atoms with Gasteiger partial charge in [-0.05, 0) is 50.5 Å². The molecule has 1 N–H and O–H groups in total. The summed E-state index contributed by atoms with van der Waals surface area (Å²) in [5.74, 6) is -0.454. The molecule has 0 radical (unpaired) electrons. The largest absolute Gasteiger partial charge is 0.356 e. The summed E-state index contributed by atoms with van der Waals surface area (Å²) in [5, 5.41) is 2.80. The second kappa shape index (κ2) is 9.93. The van der Waals surface area contributed by atoms with E-state index in [1.54, 1.807) is 54.6 Å². The van der Waals surface area contributed by atoms with Gasteiger partial charge in [0.1, 0.15) is 0 Å². The van der Waals surface area contributed by atoms with Crippen molar-refractivity contribution in [1.29, 1.82) is 0 Å². The molecule has 1 amide bonds. The van der Waals surface area contributed by atoms with Crippen LogP contribution in [0.25, 0.3) is 0 Å². The molecular formula is C22H28N2O5S2. The summed E-state index contributed by atoms with van der Waals surface area (Å²) in [5.41, 5.74) is 0.992. The Balaban J connectivity index is 1.44. The van der Waals surface area contributed by atoms with Crippen LogP contribution in [0.5, 0.6) is 0 Å². The number of hydrogen-bond donors (Lipinski definition) is 1. The molecule has 7 nitrogen and oxygen atoms in total. The molecular weight excluding hydrogens is 436 g/mol. The van der Waals surface area contributed by atoms with Crippen LogP contribution in [0.3, 0.4) is 0 Å². The van der Waals surface area contributed by atoms with E-state index in [0.717, 1.165) is 5.56 Å². The molecule has 1 heterocycles. The van der Waals surface area contributed by atoms with E-state index in [1.165, 1.54) is 4.31 Å². The van der Waals surface area contributed by atoms with Gasteiger partial charge >= 0.3 is 0 Å². The quantitative estimate of drug-likeness (QED) is 0.605. The minimum atomic E-state index is -3.56. The van der Waals surface area contributed by atoms with Crippen molar-refractivity contribution in [1.82, 2.24) is 9.62 Å². The standard InChI is InChI=1S/C22H28N2O5S2/c1-18-8-10-21(11-9-18)31(28,29)24-15-12-19(13-16-24)22(25)23-14-5-17-30(26,27)20-6-3-2-4-7-20/h2-4,6-11,19H,5,12-17H2,1H3,(H,23,25). The van der Waals surface area contributed by atoms with Crippen LogP contribution in [-0.2, 0) is 24.7 Å². The molecule has 3 rings (SSSR count). The van der Waals surface area contributed by atoms with Crippen molar-refractivity contribution in [3.05, 3.63) is 60.2 Å². The highest BCUT2D eigenvalue weighted by Gasteiger charge is 2.32. The minimum Gasteiger partial charge on any atom is -0.356 e. The van der Waals surface area contributed by atoms with Crippen molar-refractivity contribution in [3.8, 4) is 0 Å². The van der Waals surface area contributed by atoms with Crippen molar-refractivity contribution < 1.29 is 21.6 Å². The van der Waals surface area contributed by atoms with E-state index in [-0.39, 0.29) is 47.0 Å². The zero-order valence-electron chi connectivity index (χ0n) is 17.5. The van der Waals surface area contributed by atoms with Crippen molar-refractivity contribution >= 4 is 25.8 Å². The third kappa shape index (κ3) is 5.93. The molecule has 9 heteroatoms. The van der Waals surface area contributed by atoms with E-state index >= 15 is 0 Å². The van der Waals surface area contributed by atoms with Crippen LogP contribution in [-0.4, -0.2) is 52.4 Å². The van der Waals surface area contributed by atoms with Gasteiger partial charge in [0.15, 0.2) is 9.84 Å². The number of hydrogen-bond acceptors (Lipinski definition) is 5. The lowest BCUT2D eigenvalue weighted by molar-refractivity contribution is -0.126. The van der Waals surface area contributed by atoms with Gasteiger partial charge in [0, 0.05) is 25.6 Å². The molecule has 1 saturated heterocycles. The van der Waals surface area contributed by atoms with Crippen LogP contribution in [0.1, 0.15) is 24.8 Å². The Labute approximate surface area is 184 Å². The lowest BCUT2D eigenvalue weighted by Gasteiger charge is -2.30. The van der Waals surface area contributed by atoms with Gasteiger partial charge in [-0.3, -0.25) is 4.79 Å². The number of carbonyl (C=O) groups is 1.